The van der Waals surface area contributed by atoms with Gasteiger partial charge in [-0.25, -0.2) is 14.2 Å². The van der Waals surface area contributed by atoms with E-state index in [1.165, 1.54) is 43.5 Å². The monoisotopic (exact) mass is 262 g/mol. The maximum atomic E-state index is 12.8. The number of rotatable bonds is 3. The van der Waals surface area contributed by atoms with E-state index in [0.29, 0.717) is 5.75 Å². The fourth-order valence-corrected chi connectivity index (χ4v) is 1.37. The number of methoxy groups -OCH3 is 1. The van der Waals surface area contributed by atoms with Crippen molar-refractivity contribution in [3.8, 4) is 11.6 Å². The Morgan fingerprint density at radius 3 is 2.53 bits per heavy atom. The molecule has 0 bridgehead atoms. The van der Waals surface area contributed by atoms with Crippen LogP contribution in [-0.2, 0) is 4.74 Å². The van der Waals surface area contributed by atoms with Crippen LogP contribution in [0.2, 0.25) is 0 Å². The number of nitrogens with two attached hydrogens (primary N) is 1. The summed E-state index contributed by atoms with van der Waals surface area (Å²) < 4.78 is 22.7. The molecule has 0 spiro atoms. The molecule has 2 aromatic rings. The van der Waals surface area contributed by atoms with Crippen molar-refractivity contribution < 1.29 is 18.7 Å². The van der Waals surface area contributed by atoms with Gasteiger partial charge in [-0.3, -0.25) is 0 Å². The van der Waals surface area contributed by atoms with Crippen LogP contribution in [-0.4, -0.2) is 18.1 Å². The zero-order valence-corrected chi connectivity index (χ0v) is 10.1. The highest BCUT2D eigenvalue weighted by molar-refractivity contribution is 5.87. The first kappa shape index (κ1) is 12.8. The lowest BCUT2D eigenvalue weighted by Crippen LogP contribution is -2.06. The van der Waals surface area contributed by atoms with Crippen molar-refractivity contribution >= 4 is 11.7 Å². The summed E-state index contributed by atoms with van der Waals surface area (Å²) in [5.41, 5.74) is 6.03. The second-order valence-electron chi connectivity index (χ2n) is 3.64. The van der Waals surface area contributed by atoms with Crippen molar-refractivity contribution in [2.45, 2.75) is 0 Å². The highest BCUT2D eigenvalue weighted by Gasteiger charge is 2.12. The summed E-state index contributed by atoms with van der Waals surface area (Å²) in [5.74, 6) is -0.544. The third-order valence-electron chi connectivity index (χ3n) is 2.31. The minimum atomic E-state index is -0.594. The predicted octanol–water partition coefficient (Wildman–Crippen LogP) is 2.38. The maximum Gasteiger partial charge on any atom is 0.356 e. The first-order chi connectivity index (χ1) is 9.10. The number of nitrogen functional groups attached to an aromatic ring is 1. The van der Waals surface area contributed by atoms with Gasteiger partial charge in [0.05, 0.1) is 12.8 Å². The van der Waals surface area contributed by atoms with Gasteiger partial charge in [0, 0.05) is 0 Å². The van der Waals surface area contributed by atoms with Crippen molar-refractivity contribution in [2.75, 3.05) is 12.8 Å². The highest BCUT2D eigenvalue weighted by atomic mass is 19.1. The van der Waals surface area contributed by atoms with E-state index in [1.54, 1.807) is 0 Å². The van der Waals surface area contributed by atoms with Gasteiger partial charge in [0.1, 0.15) is 11.6 Å². The van der Waals surface area contributed by atoms with Gasteiger partial charge in [0.2, 0.25) is 5.88 Å². The van der Waals surface area contributed by atoms with E-state index in [0.717, 1.165) is 0 Å². The molecule has 0 saturated carbocycles. The average Bonchev–Trinajstić information content (AvgIpc) is 2.43. The summed E-state index contributed by atoms with van der Waals surface area (Å²) in [6, 6.07) is 8.27. The van der Waals surface area contributed by atoms with E-state index in [-0.39, 0.29) is 23.1 Å². The van der Waals surface area contributed by atoms with Gasteiger partial charge in [0.15, 0.2) is 5.69 Å². The molecular weight excluding hydrogens is 251 g/mol. The van der Waals surface area contributed by atoms with Crippen LogP contribution in [0.15, 0.2) is 36.4 Å². The Labute approximate surface area is 108 Å². The molecule has 1 aromatic carbocycles. The molecule has 1 heterocycles. The van der Waals surface area contributed by atoms with Crippen LogP contribution in [0.5, 0.6) is 11.6 Å². The van der Waals surface area contributed by atoms with Crippen LogP contribution >= 0.6 is 0 Å². The van der Waals surface area contributed by atoms with Crippen LogP contribution in [0, 0.1) is 5.82 Å². The van der Waals surface area contributed by atoms with Gasteiger partial charge in [0.25, 0.3) is 0 Å². The molecule has 0 amide bonds. The largest absolute Gasteiger partial charge is 0.464 e. The van der Waals surface area contributed by atoms with E-state index in [9.17, 15) is 9.18 Å². The van der Waals surface area contributed by atoms with Gasteiger partial charge < -0.3 is 15.2 Å². The molecule has 6 heteroatoms. The molecule has 2 rings (SSSR count). The Kier molecular flexibility index (Phi) is 3.61. The summed E-state index contributed by atoms with van der Waals surface area (Å²) in [6.07, 6.45) is 0. The number of anilines is 1. The number of nitrogens with zero attached hydrogens (tertiary/aromatic N) is 1. The lowest BCUT2D eigenvalue weighted by Gasteiger charge is -2.08. The number of aromatic nitrogens is 1. The van der Waals surface area contributed by atoms with Crippen LogP contribution in [0.3, 0.4) is 0 Å². The molecule has 1 aromatic heterocycles. The van der Waals surface area contributed by atoms with Crippen molar-refractivity contribution in [1.29, 1.82) is 0 Å². The number of carbonyl (C=O) groups excluding carboxylic acids is 1. The SMILES string of the molecule is COC(=O)c1ccc(N)c(Oc2ccc(F)cc2)n1. The number of hydrogen-bond acceptors (Lipinski definition) is 5. The summed E-state index contributed by atoms with van der Waals surface area (Å²) in [4.78, 5) is 15.3. The smallest absolute Gasteiger partial charge is 0.356 e. The molecule has 0 saturated heterocycles. The van der Waals surface area contributed by atoms with Crippen LogP contribution < -0.4 is 10.5 Å². The highest BCUT2D eigenvalue weighted by Crippen LogP contribution is 2.25. The van der Waals surface area contributed by atoms with Gasteiger partial charge in [-0.15, -0.1) is 0 Å². The number of pyridine rings is 1. The van der Waals surface area contributed by atoms with E-state index < -0.39 is 5.97 Å². The second kappa shape index (κ2) is 5.34. The van der Waals surface area contributed by atoms with Crippen LogP contribution in [0.25, 0.3) is 0 Å². The number of carbonyl (C=O) groups is 1. The predicted molar refractivity (Wildman–Crippen MR) is 66.5 cm³/mol. The summed E-state index contributed by atoms with van der Waals surface area (Å²) in [6.45, 7) is 0. The lowest BCUT2D eigenvalue weighted by atomic mass is 10.3. The van der Waals surface area contributed by atoms with Gasteiger partial charge >= 0.3 is 5.97 Å². The normalized spacial score (nSPS) is 10.0. The lowest BCUT2D eigenvalue weighted by molar-refractivity contribution is 0.0593. The van der Waals surface area contributed by atoms with E-state index in [2.05, 4.69) is 9.72 Å². The summed E-state index contributed by atoms with van der Waals surface area (Å²) in [7, 11) is 1.25. The molecule has 2 N–H and O–H groups in total. The minimum absolute atomic E-state index is 0.0644. The molecule has 98 valence electrons. The summed E-state index contributed by atoms with van der Waals surface area (Å²) >= 11 is 0. The van der Waals surface area contributed by atoms with Crippen molar-refractivity contribution in [3.63, 3.8) is 0 Å². The van der Waals surface area contributed by atoms with E-state index in [1.807, 2.05) is 0 Å². The van der Waals surface area contributed by atoms with Crippen LogP contribution in [0.4, 0.5) is 10.1 Å². The van der Waals surface area contributed by atoms with Crippen LogP contribution in [0.1, 0.15) is 10.5 Å². The van der Waals surface area contributed by atoms with E-state index in [4.69, 9.17) is 10.5 Å². The fraction of sp³-hybridized carbons (Fsp3) is 0.0769. The Morgan fingerprint density at radius 1 is 1.21 bits per heavy atom. The molecule has 0 aliphatic rings. The Hall–Kier alpha value is -2.63. The third-order valence-corrected chi connectivity index (χ3v) is 2.31. The number of ether oxygens (including phenoxy) is 2. The molecular formula is C13H11FN2O3. The number of halogens is 1. The van der Waals surface area contributed by atoms with E-state index >= 15 is 0 Å². The minimum Gasteiger partial charge on any atom is -0.464 e. The average molecular weight is 262 g/mol. The number of benzene rings is 1. The standard InChI is InChI=1S/C13H11FN2O3/c1-18-13(17)11-7-6-10(15)12(16-11)19-9-4-2-8(14)3-5-9/h2-7H,15H2,1H3. The van der Waals surface area contributed by atoms with Crippen molar-refractivity contribution in [1.82, 2.24) is 4.98 Å². The first-order valence-electron chi connectivity index (χ1n) is 5.38. The Bertz CT molecular complexity index is 599. The molecule has 0 radical (unpaired) electrons. The molecule has 0 unspecified atom stereocenters. The van der Waals surface area contributed by atoms with Gasteiger partial charge in [-0.2, -0.15) is 0 Å². The molecule has 0 atom stereocenters. The molecule has 0 aliphatic heterocycles. The molecule has 19 heavy (non-hydrogen) atoms. The summed E-state index contributed by atoms with van der Waals surface area (Å²) in [5, 5.41) is 0. The van der Waals surface area contributed by atoms with Crippen molar-refractivity contribution in [2.24, 2.45) is 0 Å². The number of esters is 1. The second-order valence-corrected chi connectivity index (χ2v) is 3.64. The topological polar surface area (TPSA) is 74.4 Å². The molecule has 0 aliphatic carbocycles. The fourth-order valence-electron chi connectivity index (χ4n) is 1.37. The molecule has 0 fully saturated rings. The number of hydrogen-bond donors (Lipinski definition) is 1. The van der Waals surface area contributed by atoms with Crippen molar-refractivity contribution in [3.05, 3.63) is 47.9 Å². The zero-order chi connectivity index (χ0) is 13.8. The van der Waals surface area contributed by atoms with Gasteiger partial charge in [-0.1, -0.05) is 0 Å². The van der Waals surface area contributed by atoms with Gasteiger partial charge in [-0.05, 0) is 36.4 Å². The third kappa shape index (κ3) is 2.98. The first-order valence-corrected chi connectivity index (χ1v) is 5.38. The maximum absolute atomic E-state index is 12.8. The Morgan fingerprint density at radius 2 is 1.89 bits per heavy atom. The Balaban J connectivity index is 2.28. The zero-order valence-electron chi connectivity index (χ0n) is 10.1. The quantitative estimate of drug-likeness (QED) is 0.859. The molecule has 5 nitrogen and oxygen atoms in total.